The number of nitrogens with zero attached hydrogens (tertiary/aromatic N) is 3. The first-order valence-electron chi connectivity index (χ1n) is 9.89. The van der Waals surface area contributed by atoms with Crippen LogP contribution in [0.25, 0.3) is 5.69 Å². The number of hydrogen-bond donors (Lipinski definition) is 1. The van der Waals surface area contributed by atoms with Crippen molar-refractivity contribution in [1.29, 1.82) is 0 Å². The molecule has 1 fully saturated rings. The highest BCUT2D eigenvalue weighted by Crippen LogP contribution is 2.22. The highest BCUT2D eigenvalue weighted by atomic mass is 16.5. The number of rotatable bonds is 8. The lowest BCUT2D eigenvalue weighted by Gasteiger charge is -2.32. The van der Waals surface area contributed by atoms with Crippen molar-refractivity contribution in [1.82, 2.24) is 15.1 Å². The lowest BCUT2D eigenvalue weighted by atomic mass is 9.97. The molecule has 1 aliphatic heterocycles. The van der Waals surface area contributed by atoms with Crippen LogP contribution in [0.2, 0.25) is 0 Å². The maximum Gasteiger partial charge on any atom is 0.271 e. The van der Waals surface area contributed by atoms with E-state index < -0.39 is 0 Å². The minimum Gasteiger partial charge on any atom is -0.497 e. The number of aromatic nitrogens is 2. The monoisotopic (exact) mass is 400 g/mol. The van der Waals surface area contributed by atoms with Crippen LogP contribution in [0.1, 0.15) is 19.3 Å². The van der Waals surface area contributed by atoms with E-state index in [9.17, 15) is 9.59 Å². The van der Waals surface area contributed by atoms with E-state index in [1.165, 1.54) is 10.7 Å². The SMILES string of the molecule is COCCCNC(=O)[C@H]1CCCN(c2ccc(=O)n(-c3ccc(OC)cc3)n2)C1. The van der Waals surface area contributed by atoms with E-state index in [4.69, 9.17) is 9.47 Å². The lowest BCUT2D eigenvalue weighted by Crippen LogP contribution is -2.44. The molecule has 2 aromatic rings. The van der Waals surface area contributed by atoms with E-state index in [0.29, 0.717) is 37.0 Å². The third-order valence-electron chi connectivity index (χ3n) is 5.04. The van der Waals surface area contributed by atoms with Gasteiger partial charge in [-0.3, -0.25) is 9.59 Å². The summed E-state index contributed by atoms with van der Waals surface area (Å²) in [6.07, 6.45) is 2.55. The van der Waals surface area contributed by atoms with Crippen molar-refractivity contribution in [2.24, 2.45) is 5.92 Å². The standard InChI is InChI=1S/C21H28N4O4/c1-28-14-4-12-22-21(27)16-5-3-13-24(15-16)19-10-11-20(26)25(23-19)17-6-8-18(29-2)9-7-17/h6-11,16H,3-5,12-15H2,1-2H3,(H,22,27)/t16-/m0/s1. The first-order valence-corrected chi connectivity index (χ1v) is 9.89. The average Bonchev–Trinajstić information content (AvgIpc) is 2.77. The van der Waals surface area contributed by atoms with Gasteiger partial charge in [-0.15, -0.1) is 5.10 Å². The van der Waals surface area contributed by atoms with Crippen LogP contribution < -0.4 is 20.5 Å². The van der Waals surface area contributed by atoms with Gasteiger partial charge in [0.15, 0.2) is 0 Å². The Bertz CT molecular complexity index is 866. The summed E-state index contributed by atoms with van der Waals surface area (Å²) in [4.78, 5) is 26.9. The molecule has 1 aliphatic rings. The average molecular weight is 400 g/mol. The lowest BCUT2D eigenvalue weighted by molar-refractivity contribution is -0.125. The second-order valence-corrected chi connectivity index (χ2v) is 7.06. The summed E-state index contributed by atoms with van der Waals surface area (Å²) in [7, 11) is 3.25. The summed E-state index contributed by atoms with van der Waals surface area (Å²) < 4.78 is 11.6. The second-order valence-electron chi connectivity index (χ2n) is 7.06. The van der Waals surface area contributed by atoms with E-state index in [0.717, 1.165) is 25.8 Å². The van der Waals surface area contributed by atoms with Gasteiger partial charge in [0.05, 0.1) is 18.7 Å². The number of amides is 1. The van der Waals surface area contributed by atoms with Crippen LogP contribution in [-0.4, -0.2) is 56.1 Å². The van der Waals surface area contributed by atoms with Crippen LogP contribution in [0.15, 0.2) is 41.2 Å². The van der Waals surface area contributed by atoms with Crippen molar-refractivity contribution in [3.8, 4) is 11.4 Å². The van der Waals surface area contributed by atoms with Crippen molar-refractivity contribution < 1.29 is 14.3 Å². The van der Waals surface area contributed by atoms with Gasteiger partial charge in [0.1, 0.15) is 11.6 Å². The second kappa shape index (κ2) is 10.1. The van der Waals surface area contributed by atoms with E-state index in [1.807, 2.05) is 0 Å². The van der Waals surface area contributed by atoms with Crippen molar-refractivity contribution in [2.45, 2.75) is 19.3 Å². The highest BCUT2D eigenvalue weighted by Gasteiger charge is 2.26. The largest absolute Gasteiger partial charge is 0.497 e. The summed E-state index contributed by atoms with van der Waals surface area (Å²) in [5, 5.41) is 7.53. The molecule has 8 nitrogen and oxygen atoms in total. The zero-order valence-corrected chi connectivity index (χ0v) is 17.0. The fourth-order valence-electron chi connectivity index (χ4n) is 3.45. The van der Waals surface area contributed by atoms with Crippen LogP contribution in [0, 0.1) is 5.92 Å². The Morgan fingerprint density at radius 2 is 2.00 bits per heavy atom. The van der Waals surface area contributed by atoms with Gasteiger partial charge >= 0.3 is 0 Å². The number of piperidine rings is 1. The fourth-order valence-corrected chi connectivity index (χ4v) is 3.45. The Labute approximate surface area is 170 Å². The maximum atomic E-state index is 12.5. The number of benzene rings is 1. The molecule has 1 saturated heterocycles. The Kier molecular flexibility index (Phi) is 7.24. The van der Waals surface area contributed by atoms with Gasteiger partial charge in [0.25, 0.3) is 5.56 Å². The molecule has 0 saturated carbocycles. The van der Waals surface area contributed by atoms with Crippen molar-refractivity contribution >= 4 is 11.7 Å². The number of anilines is 1. The summed E-state index contributed by atoms with van der Waals surface area (Å²) in [5.41, 5.74) is 0.463. The van der Waals surface area contributed by atoms with Crippen molar-refractivity contribution in [3.05, 3.63) is 46.8 Å². The molecule has 1 aromatic carbocycles. The number of carbonyl (C=O) groups excluding carboxylic acids is 1. The molecule has 156 valence electrons. The number of ether oxygens (including phenoxy) is 2. The molecule has 1 N–H and O–H groups in total. The normalized spacial score (nSPS) is 16.5. The van der Waals surface area contributed by atoms with Gasteiger partial charge in [-0.05, 0) is 49.6 Å². The smallest absolute Gasteiger partial charge is 0.271 e. The molecular formula is C21H28N4O4. The third-order valence-corrected chi connectivity index (χ3v) is 5.04. The first-order chi connectivity index (χ1) is 14.1. The molecular weight excluding hydrogens is 372 g/mol. The molecule has 0 radical (unpaired) electrons. The number of methoxy groups -OCH3 is 2. The molecule has 29 heavy (non-hydrogen) atoms. The summed E-state index contributed by atoms with van der Waals surface area (Å²) in [6, 6.07) is 10.4. The van der Waals surface area contributed by atoms with Gasteiger partial charge in [0.2, 0.25) is 5.91 Å². The summed E-state index contributed by atoms with van der Waals surface area (Å²) >= 11 is 0. The van der Waals surface area contributed by atoms with E-state index in [1.54, 1.807) is 44.6 Å². The Balaban J connectivity index is 1.71. The third kappa shape index (κ3) is 5.35. The van der Waals surface area contributed by atoms with Gasteiger partial charge in [-0.1, -0.05) is 0 Å². The van der Waals surface area contributed by atoms with E-state index in [2.05, 4.69) is 15.3 Å². The fraction of sp³-hybridized carbons (Fsp3) is 0.476. The first kappa shape index (κ1) is 20.9. The molecule has 3 rings (SSSR count). The molecule has 1 atom stereocenters. The zero-order chi connectivity index (χ0) is 20.6. The predicted molar refractivity (Wildman–Crippen MR) is 111 cm³/mol. The van der Waals surface area contributed by atoms with Crippen LogP contribution >= 0.6 is 0 Å². The van der Waals surface area contributed by atoms with E-state index in [-0.39, 0.29) is 17.4 Å². The molecule has 0 aliphatic carbocycles. The Morgan fingerprint density at radius 1 is 1.21 bits per heavy atom. The van der Waals surface area contributed by atoms with Crippen molar-refractivity contribution in [2.75, 3.05) is 45.4 Å². The molecule has 2 heterocycles. The van der Waals surface area contributed by atoms with Crippen LogP contribution in [-0.2, 0) is 9.53 Å². The van der Waals surface area contributed by atoms with E-state index >= 15 is 0 Å². The van der Waals surface area contributed by atoms with Gasteiger partial charge in [-0.2, -0.15) is 4.68 Å². The maximum absolute atomic E-state index is 12.5. The molecule has 8 heteroatoms. The minimum absolute atomic E-state index is 0.0641. The Hall–Kier alpha value is -2.87. The topological polar surface area (TPSA) is 85.7 Å². The molecule has 0 bridgehead atoms. The molecule has 1 aromatic heterocycles. The van der Waals surface area contributed by atoms with Crippen LogP contribution in [0.4, 0.5) is 5.82 Å². The number of nitrogens with one attached hydrogen (secondary N) is 1. The summed E-state index contributed by atoms with van der Waals surface area (Å²) in [6.45, 7) is 2.64. The quantitative estimate of drug-likeness (QED) is 0.678. The van der Waals surface area contributed by atoms with Crippen LogP contribution in [0.3, 0.4) is 0 Å². The van der Waals surface area contributed by atoms with Crippen molar-refractivity contribution in [3.63, 3.8) is 0 Å². The zero-order valence-electron chi connectivity index (χ0n) is 17.0. The predicted octanol–water partition coefficient (Wildman–Crippen LogP) is 1.61. The summed E-state index contributed by atoms with van der Waals surface area (Å²) in [5.74, 6) is 1.38. The van der Waals surface area contributed by atoms with Crippen LogP contribution in [0.5, 0.6) is 5.75 Å². The highest BCUT2D eigenvalue weighted by molar-refractivity contribution is 5.79. The van der Waals surface area contributed by atoms with Gasteiger partial charge in [0, 0.05) is 39.4 Å². The number of hydrogen-bond acceptors (Lipinski definition) is 6. The van der Waals surface area contributed by atoms with Gasteiger partial charge in [-0.25, -0.2) is 0 Å². The molecule has 0 unspecified atom stereocenters. The van der Waals surface area contributed by atoms with Gasteiger partial charge < -0.3 is 19.7 Å². The molecule has 0 spiro atoms. The Morgan fingerprint density at radius 3 is 2.72 bits per heavy atom. The molecule has 1 amide bonds. The minimum atomic E-state index is -0.205. The number of carbonyl (C=O) groups is 1.